The van der Waals surface area contributed by atoms with Crippen LogP contribution in [0.1, 0.15) is 62.3 Å². The maximum absolute atomic E-state index is 13.8. The zero-order valence-electron chi connectivity index (χ0n) is 27.3. The number of anilines is 2. The summed E-state index contributed by atoms with van der Waals surface area (Å²) in [6, 6.07) is 11.5. The minimum Gasteiger partial charge on any atom is -0.493 e. The van der Waals surface area contributed by atoms with E-state index < -0.39 is 6.04 Å². The van der Waals surface area contributed by atoms with E-state index in [2.05, 4.69) is 9.80 Å². The highest BCUT2D eigenvalue weighted by Crippen LogP contribution is 2.43. The Morgan fingerprint density at radius 3 is 2.35 bits per heavy atom. The van der Waals surface area contributed by atoms with Crippen molar-refractivity contribution < 1.29 is 19.1 Å². The molecule has 3 aliphatic rings. The Kier molecular flexibility index (Phi) is 9.38. The number of methoxy groups -OCH3 is 1. The molecular weight excluding hydrogens is 604 g/mol. The van der Waals surface area contributed by atoms with E-state index in [4.69, 9.17) is 31.0 Å². The van der Waals surface area contributed by atoms with Gasteiger partial charge in [0.15, 0.2) is 17.3 Å². The van der Waals surface area contributed by atoms with Crippen LogP contribution in [0, 0.1) is 5.92 Å². The van der Waals surface area contributed by atoms with Crippen molar-refractivity contribution in [2.75, 3.05) is 50.8 Å². The zero-order valence-corrected chi connectivity index (χ0v) is 28.0. The van der Waals surface area contributed by atoms with Gasteiger partial charge in [-0.3, -0.25) is 19.4 Å². The Balaban J connectivity index is 1.21. The highest BCUT2D eigenvalue weighted by atomic mass is 35.5. The van der Waals surface area contributed by atoms with Crippen LogP contribution in [0.2, 0.25) is 5.02 Å². The first kappa shape index (κ1) is 32.1. The normalized spacial score (nSPS) is 21.9. The number of carbonyl (C=O) groups is 2. The second-order valence-corrected chi connectivity index (χ2v) is 13.5. The van der Waals surface area contributed by atoms with E-state index in [0.717, 1.165) is 61.4 Å². The van der Waals surface area contributed by atoms with Gasteiger partial charge in [-0.15, -0.1) is 0 Å². The number of hydrogen-bond donors (Lipinski definition) is 0. The molecule has 1 aliphatic carbocycles. The first-order valence-electron chi connectivity index (χ1n) is 16.1. The summed E-state index contributed by atoms with van der Waals surface area (Å²) in [5.74, 6) is 3.16. The highest BCUT2D eigenvalue weighted by molar-refractivity contribution is 6.30. The van der Waals surface area contributed by atoms with Gasteiger partial charge in [-0.25, -0.2) is 9.97 Å². The lowest BCUT2D eigenvalue weighted by Crippen LogP contribution is -2.41. The molecule has 2 fully saturated rings. The molecule has 2 amide bonds. The Bertz CT molecular complexity index is 1560. The molecule has 0 spiro atoms. The van der Waals surface area contributed by atoms with E-state index in [9.17, 15) is 9.59 Å². The van der Waals surface area contributed by atoms with Crippen LogP contribution < -0.4 is 19.3 Å². The van der Waals surface area contributed by atoms with Gasteiger partial charge in [0.2, 0.25) is 11.8 Å². The van der Waals surface area contributed by atoms with Crippen LogP contribution in [-0.4, -0.2) is 84.7 Å². The molecule has 6 rings (SSSR count). The minimum atomic E-state index is -0.451. The van der Waals surface area contributed by atoms with Gasteiger partial charge in [-0.05, 0) is 86.4 Å². The molecule has 1 atom stereocenters. The van der Waals surface area contributed by atoms with E-state index in [1.807, 2.05) is 69.2 Å². The second-order valence-electron chi connectivity index (χ2n) is 13.0. The summed E-state index contributed by atoms with van der Waals surface area (Å²) in [7, 11) is 5.54. The average molecular weight is 647 g/mol. The van der Waals surface area contributed by atoms with Crippen molar-refractivity contribution in [1.82, 2.24) is 19.8 Å². The van der Waals surface area contributed by atoms with Gasteiger partial charge in [0, 0.05) is 31.7 Å². The first-order valence-corrected chi connectivity index (χ1v) is 16.4. The van der Waals surface area contributed by atoms with Crippen molar-refractivity contribution in [3.8, 4) is 11.5 Å². The molecule has 3 aromatic rings. The second kappa shape index (κ2) is 13.5. The third kappa shape index (κ3) is 6.64. The summed E-state index contributed by atoms with van der Waals surface area (Å²) in [6.07, 6.45) is 8.05. The molecule has 2 aromatic carbocycles. The number of aromatic nitrogens is 2. The molecule has 1 saturated heterocycles. The van der Waals surface area contributed by atoms with Crippen molar-refractivity contribution in [1.29, 1.82) is 0 Å². The number of amides is 2. The fraction of sp³-hybridized carbons (Fsp3) is 0.486. The molecule has 0 bridgehead atoms. The zero-order chi connectivity index (χ0) is 32.5. The lowest BCUT2D eigenvalue weighted by atomic mass is 9.85. The van der Waals surface area contributed by atoms with Crippen LogP contribution >= 0.6 is 11.6 Å². The van der Waals surface area contributed by atoms with E-state index in [1.54, 1.807) is 24.4 Å². The van der Waals surface area contributed by atoms with Crippen LogP contribution in [0.15, 0.2) is 48.8 Å². The summed E-state index contributed by atoms with van der Waals surface area (Å²) < 4.78 is 11.7. The number of carbonyl (C=O) groups excluding carboxylic acids is 2. The minimum absolute atomic E-state index is 0.0505. The predicted molar refractivity (Wildman–Crippen MR) is 179 cm³/mol. The summed E-state index contributed by atoms with van der Waals surface area (Å²) in [5, 5.41) is 0.621. The topological polar surface area (TPSA) is 91.3 Å². The molecule has 46 heavy (non-hydrogen) atoms. The lowest BCUT2D eigenvalue weighted by Gasteiger charge is -2.37. The number of halogens is 1. The number of nitrogens with zero attached hydrogens (tertiary/aromatic N) is 6. The van der Waals surface area contributed by atoms with Gasteiger partial charge in [-0.1, -0.05) is 23.7 Å². The number of likely N-dealkylation sites (N-methyl/N-ethyl adjacent to an activating group) is 1. The molecule has 244 valence electrons. The molecule has 1 saturated carbocycles. The average Bonchev–Trinajstić information content (AvgIpc) is 3.38. The molecule has 3 heterocycles. The number of benzene rings is 2. The predicted octanol–water partition coefficient (Wildman–Crippen LogP) is 5.33. The molecule has 0 radical (unpaired) electrons. The molecule has 2 aliphatic heterocycles. The summed E-state index contributed by atoms with van der Waals surface area (Å²) in [4.78, 5) is 43.4. The Morgan fingerprint density at radius 1 is 1.00 bits per heavy atom. The Hall–Kier alpha value is -3.89. The highest BCUT2D eigenvalue weighted by Gasteiger charge is 2.37. The van der Waals surface area contributed by atoms with E-state index >= 15 is 0 Å². The van der Waals surface area contributed by atoms with Gasteiger partial charge >= 0.3 is 0 Å². The van der Waals surface area contributed by atoms with Gasteiger partial charge in [0.05, 0.1) is 51.3 Å². The number of rotatable bonds is 9. The standard InChI is InChI=1S/C35H43ClN6O4/c1-22(2)46-30-16-28-25(14-29(30)45-5)15-33(43)42(35(28)24-8-10-26(36)11-9-24)32-18-37-31(17-38-32)39(3)19-23-6-12-27(13-7-23)41-20-34(44)40(4)21-41/h8-11,14,16-18,22-23,27,35H,6-7,12-13,15,19-21H2,1-5H3/t23-,27+,35?. The quantitative estimate of drug-likeness (QED) is 0.308. The molecular formula is C35H43ClN6O4. The third-order valence-corrected chi connectivity index (χ3v) is 9.67. The third-order valence-electron chi connectivity index (χ3n) is 9.42. The van der Waals surface area contributed by atoms with E-state index in [0.29, 0.717) is 40.8 Å². The van der Waals surface area contributed by atoms with Crippen LogP contribution in [-0.2, 0) is 16.0 Å². The fourth-order valence-corrected chi connectivity index (χ4v) is 7.17. The molecule has 11 heteroatoms. The Labute approximate surface area is 276 Å². The maximum atomic E-state index is 13.8. The van der Waals surface area contributed by atoms with Crippen LogP contribution in [0.3, 0.4) is 0 Å². The molecule has 1 aromatic heterocycles. The van der Waals surface area contributed by atoms with Crippen molar-refractivity contribution in [2.24, 2.45) is 5.92 Å². The van der Waals surface area contributed by atoms with Crippen molar-refractivity contribution in [3.05, 3.63) is 70.5 Å². The van der Waals surface area contributed by atoms with Crippen LogP contribution in [0.4, 0.5) is 11.6 Å². The van der Waals surface area contributed by atoms with E-state index in [-0.39, 0.29) is 24.3 Å². The number of ether oxygens (including phenoxy) is 2. The number of fused-ring (bicyclic) bond motifs is 1. The van der Waals surface area contributed by atoms with Crippen LogP contribution in [0.25, 0.3) is 0 Å². The summed E-state index contributed by atoms with van der Waals surface area (Å²) >= 11 is 6.26. The largest absolute Gasteiger partial charge is 0.493 e. The SMILES string of the molecule is COc1cc2c(cc1OC(C)C)C(c1ccc(Cl)cc1)N(c1cnc(N(C)C[C@H]3CC[C@@H](N4CC(=O)N(C)C4)CC3)cn1)C(=O)C2. The lowest BCUT2D eigenvalue weighted by molar-refractivity contribution is -0.125. The van der Waals surface area contributed by atoms with Crippen molar-refractivity contribution >= 4 is 35.1 Å². The smallest absolute Gasteiger partial charge is 0.237 e. The summed E-state index contributed by atoms with van der Waals surface area (Å²) in [6.45, 7) is 6.10. The van der Waals surface area contributed by atoms with Gasteiger partial charge < -0.3 is 19.3 Å². The molecule has 1 unspecified atom stereocenters. The van der Waals surface area contributed by atoms with E-state index in [1.165, 1.54) is 0 Å². The van der Waals surface area contributed by atoms with Crippen molar-refractivity contribution in [3.63, 3.8) is 0 Å². The first-order chi connectivity index (χ1) is 22.1. The Morgan fingerprint density at radius 2 is 1.74 bits per heavy atom. The molecule has 0 N–H and O–H groups in total. The van der Waals surface area contributed by atoms with Crippen molar-refractivity contribution in [2.45, 2.75) is 64.1 Å². The number of hydrogen-bond acceptors (Lipinski definition) is 8. The van der Waals surface area contributed by atoms with Gasteiger partial charge in [0.1, 0.15) is 5.82 Å². The fourth-order valence-electron chi connectivity index (χ4n) is 7.05. The summed E-state index contributed by atoms with van der Waals surface area (Å²) in [5.41, 5.74) is 2.74. The van der Waals surface area contributed by atoms with Gasteiger partial charge in [0.25, 0.3) is 0 Å². The van der Waals surface area contributed by atoms with Crippen LogP contribution in [0.5, 0.6) is 11.5 Å². The molecule has 10 nitrogen and oxygen atoms in total. The van der Waals surface area contributed by atoms with Gasteiger partial charge in [-0.2, -0.15) is 0 Å². The monoisotopic (exact) mass is 646 g/mol. The maximum Gasteiger partial charge on any atom is 0.237 e.